The summed E-state index contributed by atoms with van der Waals surface area (Å²) in [5, 5.41) is 18.7. The second-order valence-corrected chi connectivity index (χ2v) is 4.57. The van der Waals surface area contributed by atoms with Crippen LogP contribution in [0.5, 0.6) is 0 Å². The van der Waals surface area contributed by atoms with E-state index in [4.69, 9.17) is 0 Å². The van der Waals surface area contributed by atoms with Crippen LogP contribution in [0.15, 0.2) is 12.1 Å². The molecule has 7 heteroatoms. The number of rotatable bonds is 5. The standard InChI is InChI=1S/C11H17N7/c1-2-8-17(7-1)9-3-6-12-10-4-5-11-13-15-16-18(11)14-10/h4-5H,1-3,6-9H2,(H,12,14). The molecule has 0 saturated carbocycles. The molecule has 1 aliphatic heterocycles. The van der Waals surface area contributed by atoms with E-state index in [1.807, 2.05) is 12.1 Å². The second kappa shape index (κ2) is 5.26. The summed E-state index contributed by atoms with van der Waals surface area (Å²) in [4.78, 5) is 2.51. The minimum absolute atomic E-state index is 0.664. The smallest absolute Gasteiger partial charge is 0.200 e. The Hall–Kier alpha value is -1.76. The largest absolute Gasteiger partial charge is 0.369 e. The summed E-state index contributed by atoms with van der Waals surface area (Å²) in [7, 11) is 0. The fraction of sp³-hybridized carbons (Fsp3) is 0.636. The van der Waals surface area contributed by atoms with Gasteiger partial charge >= 0.3 is 0 Å². The van der Waals surface area contributed by atoms with Gasteiger partial charge in [-0.2, -0.15) is 0 Å². The van der Waals surface area contributed by atoms with Crippen molar-refractivity contribution < 1.29 is 0 Å². The Kier molecular flexibility index (Phi) is 3.31. The van der Waals surface area contributed by atoms with E-state index >= 15 is 0 Å². The lowest BCUT2D eigenvalue weighted by Crippen LogP contribution is -2.22. The molecule has 7 nitrogen and oxygen atoms in total. The van der Waals surface area contributed by atoms with Crippen molar-refractivity contribution in [3.05, 3.63) is 12.1 Å². The molecule has 0 bridgehead atoms. The molecule has 3 heterocycles. The van der Waals surface area contributed by atoms with Crippen LogP contribution in [-0.2, 0) is 0 Å². The maximum absolute atomic E-state index is 4.26. The van der Waals surface area contributed by atoms with Crippen LogP contribution >= 0.6 is 0 Å². The Labute approximate surface area is 105 Å². The Morgan fingerprint density at radius 3 is 3.00 bits per heavy atom. The van der Waals surface area contributed by atoms with Crippen LogP contribution in [0.25, 0.3) is 5.65 Å². The highest BCUT2D eigenvalue weighted by atomic mass is 15.6. The van der Waals surface area contributed by atoms with Crippen LogP contribution < -0.4 is 5.32 Å². The predicted octanol–water partition coefficient (Wildman–Crippen LogP) is 0.417. The maximum atomic E-state index is 4.26. The summed E-state index contributed by atoms with van der Waals surface area (Å²) >= 11 is 0. The Morgan fingerprint density at radius 1 is 1.22 bits per heavy atom. The van der Waals surface area contributed by atoms with Crippen molar-refractivity contribution in [3.63, 3.8) is 0 Å². The maximum Gasteiger partial charge on any atom is 0.200 e. The first-order valence-corrected chi connectivity index (χ1v) is 6.43. The molecule has 0 radical (unpaired) electrons. The van der Waals surface area contributed by atoms with E-state index in [-0.39, 0.29) is 0 Å². The van der Waals surface area contributed by atoms with Crippen molar-refractivity contribution in [2.75, 3.05) is 31.5 Å². The molecule has 1 N–H and O–H groups in total. The third-order valence-corrected chi connectivity index (χ3v) is 3.23. The van der Waals surface area contributed by atoms with Gasteiger partial charge in [-0.1, -0.05) is 0 Å². The van der Waals surface area contributed by atoms with Gasteiger partial charge in [-0.15, -0.1) is 14.8 Å². The van der Waals surface area contributed by atoms with Gasteiger partial charge in [0.1, 0.15) is 5.82 Å². The zero-order valence-corrected chi connectivity index (χ0v) is 10.3. The zero-order valence-electron chi connectivity index (χ0n) is 10.3. The SMILES string of the molecule is c1cc2nnnn2nc1NCCCN1CCCC1. The predicted molar refractivity (Wildman–Crippen MR) is 67.4 cm³/mol. The van der Waals surface area contributed by atoms with Gasteiger partial charge in [0, 0.05) is 6.54 Å². The summed E-state index contributed by atoms with van der Waals surface area (Å²) in [6.45, 7) is 4.61. The number of hydrogen-bond donors (Lipinski definition) is 1. The number of anilines is 1. The van der Waals surface area contributed by atoms with Crippen molar-refractivity contribution in [3.8, 4) is 0 Å². The average molecular weight is 247 g/mol. The summed E-state index contributed by atoms with van der Waals surface area (Å²) in [5.41, 5.74) is 0.664. The van der Waals surface area contributed by atoms with Crippen LogP contribution in [0, 0.1) is 0 Å². The quantitative estimate of drug-likeness (QED) is 0.772. The number of likely N-dealkylation sites (tertiary alicyclic amines) is 1. The highest BCUT2D eigenvalue weighted by Gasteiger charge is 2.10. The fourth-order valence-corrected chi connectivity index (χ4v) is 2.27. The number of aromatic nitrogens is 5. The van der Waals surface area contributed by atoms with Gasteiger partial charge < -0.3 is 10.2 Å². The van der Waals surface area contributed by atoms with Crippen LogP contribution in [0.3, 0.4) is 0 Å². The first kappa shape index (κ1) is 11.3. The third kappa shape index (κ3) is 2.56. The summed E-state index contributed by atoms with van der Waals surface area (Å²) in [6.07, 6.45) is 3.84. The molecule has 2 aromatic rings. The molecule has 0 atom stereocenters. The molecule has 0 aliphatic carbocycles. The van der Waals surface area contributed by atoms with E-state index in [0.717, 1.165) is 18.8 Å². The van der Waals surface area contributed by atoms with Crippen molar-refractivity contribution in [1.29, 1.82) is 0 Å². The van der Waals surface area contributed by atoms with Crippen molar-refractivity contribution in [1.82, 2.24) is 30.2 Å². The average Bonchev–Trinajstić information content (AvgIpc) is 3.05. The molecule has 2 aromatic heterocycles. The topological polar surface area (TPSA) is 71.2 Å². The number of tetrazole rings is 1. The molecule has 18 heavy (non-hydrogen) atoms. The lowest BCUT2D eigenvalue weighted by Gasteiger charge is -2.14. The van der Waals surface area contributed by atoms with Crippen LogP contribution in [0.1, 0.15) is 19.3 Å². The first-order valence-electron chi connectivity index (χ1n) is 6.43. The van der Waals surface area contributed by atoms with Crippen LogP contribution in [0.2, 0.25) is 0 Å². The van der Waals surface area contributed by atoms with Gasteiger partial charge in [-0.25, -0.2) is 0 Å². The molecular weight excluding hydrogens is 230 g/mol. The number of nitrogens with one attached hydrogen (secondary N) is 1. The lowest BCUT2D eigenvalue weighted by atomic mass is 10.4. The number of hydrogen-bond acceptors (Lipinski definition) is 6. The van der Waals surface area contributed by atoms with E-state index < -0.39 is 0 Å². The molecule has 0 aromatic carbocycles. The van der Waals surface area contributed by atoms with Gasteiger partial charge in [0.05, 0.1) is 0 Å². The molecule has 1 aliphatic rings. The zero-order chi connectivity index (χ0) is 12.2. The van der Waals surface area contributed by atoms with Crippen molar-refractivity contribution in [2.45, 2.75) is 19.3 Å². The molecule has 1 fully saturated rings. The van der Waals surface area contributed by atoms with E-state index in [1.165, 1.54) is 37.1 Å². The highest BCUT2D eigenvalue weighted by Crippen LogP contribution is 2.08. The summed E-state index contributed by atoms with van der Waals surface area (Å²) in [6, 6.07) is 3.76. The lowest BCUT2D eigenvalue weighted by molar-refractivity contribution is 0.337. The molecular formula is C11H17N7. The monoisotopic (exact) mass is 247 g/mol. The molecule has 0 unspecified atom stereocenters. The molecule has 0 spiro atoms. The van der Waals surface area contributed by atoms with Crippen molar-refractivity contribution >= 4 is 11.5 Å². The van der Waals surface area contributed by atoms with E-state index in [9.17, 15) is 0 Å². The van der Waals surface area contributed by atoms with Crippen LogP contribution in [-0.4, -0.2) is 56.3 Å². The van der Waals surface area contributed by atoms with Gasteiger partial charge in [0.15, 0.2) is 5.65 Å². The Balaban J connectivity index is 1.47. The van der Waals surface area contributed by atoms with Gasteiger partial charge in [-0.05, 0) is 61.5 Å². The van der Waals surface area contributed by atoms with Crippen LogP contribution in [0.4, 0.5) is 5.82 Å². The number of fused-ring (bicyclic) bond motifs is 1. The fourth-order valence-electron chi connectivity index (χ4n) is 2.27. The molecule has 1 saturated heterocycles. The minimum Gasteiger partial charge on any atom is -0.369 e. The molecule has 0 amide bonds. The van der Waals surface area contributed by atoms with Gasteiger partial charge in [0.25, 0.3) is 0 Å². The third-order valence-electron chi connectivity index (χ3n) is 3.23. The molecule has 3 rings (SSSR count). The minimum atomic E-state index is 0.664. The van der Waals surface area contributed by atoms with E-state index in [1.54, 1.807) is 0 Å². The normalized spacial score (nSPS) is 16.4. The first-order chi connectivity index (χ1) is 8.92. The summed E-state index contributed by atoms with van der Waals surface area (Å²) < 4.78 is 1.43. The second-order valence-electron chi connectivity index (χ2n) is 4.57. The highest BCUT2D eigenvalue weighted by molar-refractivity contribution is 5.41. The van der Waals surface area contributed by atoms with E-state index in [2.05, 4.69) is 30.8 Å². The van der Waals surface area contributed by atoms with Gasteiger partial charge in [-0.3, -0.25) is 0 Å². The van der Waals surface area contributed by atoms with E-state index in [0.29, 0.717) is 5.65 Å². The Bertz CT molecular complexity index is 503. The summed E-state index contributed by atoms with van der Waals surface area (Å²) in [5.74, 6) is 0.816. The Morgan fingerprint density at radius 2 is 2.11 bits per heavy atom. The van der Waals surface area contributed by atoms with Gasteiger partial charge in [0.2, 0.25) is 0 Å². The molecule has 96 valence electrons. The number of nitrogens with zero attached hydrogens (tertiary/aromatic N) is 6. The van der Waals surface area contributed by atoms with Crippen molar-refractivity contribution in [2.24, 2.45) is 0 Å².